The normalized spacial score (nSPS) is 11.7. The van der Waals surface area contributed by atoms with Crippen molar-refractivity contribution in [2.45, 2.75) is 31.3 Å². The molecule has 0 aliphatic heterocycles. The van der Waals surface area contributed by atoms with E-state index >= 15 is 0 Å². The number of hydrogen-bond acceptors (Lipinski definition) is 4. The van der Waals surface area contributed by atoms with Crippen LogP contribution in [0.3, 0.4) is 0 Å². The number of anilines is 2. The maximum absolute atomic E-state index is 12.5. The van der Waals surface area contributed by atoms with Crippen LogP contribution in [-0.4, -0.2) is 27.1 Å². The molecular formula is C23H26N4O2S. The van der Waals surface area contributed by atoms with Gasteiger partial charge in [-0.2, -0.15) is 0 Å². The van der Waals surface area contributed by atoms with Gasteiger partial charge in [0.05, 0.1) is 5.75 Å². The number of carbonyl (C=O) groups excluding carboxylic acids is 2. The topological polar surface area (TPSA) is 76.0 Å². The minimum Gasteiger partial charge on any atom is -0.329 e. The predicted octanol–water partition coefficient (Wildman–Crippen LogP) is 4.92. The third kappa shape index (κ3) is 5.73. The van der Waals surface area contributed by atoms with Crippen molar-refractivity contribution in [2.75, 3.05) is 16.4 Å². The molecule has 30 heavy (non-hydrogen) atoms. The summed E-state index contributed by atoms with van der Waals surface area (Å²) in [5, 5.41) is 6.52. The van der Waals surface area contributed by atoms with E-state index in [4.69, 9.17) is 0 Å². The number of carbonyl (C=O) groups is 2. The van der Waals surface area contributed by atoms with E-state index in [0.29, 0.717) is 17.2 Å². The Morgan fingerprint density at radius 2 is 1.67 bits per heavy atom. The van der Waals surface area contributed by atoms with Crippen LogP contribution in [-0.2, 0) is 11.8 Å². The summed E-state index contributed by atoms with van der Waals surface area (Å²) in [6, 6.07) is 14.8. The SMILES string of the molecule is CCC(C)c1ccc(NC(=O)c2ccc(NC(=O)CSc3nccn3C)cc2)cc1. The largest absolute Gasteiger partial charge is 0.329 e. The Morgan fingerprint density at radius 3 is 2.27 bits per heavy atom. The van der Waals surface area contributed by atoms with Gasteiger partial charge in [0, 0.05) is 36.4 Å². The molecule has 0 saturated carbocycles. The van der Waals surface area contributed by atoms with E-state index in [9.17, 15) is 9.59 Å². The van der Waals surface area contributed by atoms with Gasteiger partial charge in [-0.15, -0.1) is 0 Å². The fourth-order valence-corrected chi connectivity index (χ4v) is 3.59. The molecule has 1 unspecified atom stereocenters. The van der Waals surface area contributed by atoms with Gasteiger partial charge in [-0.05, 0) is 54.3 Å². The molecule has 2 aromatic carbocycles. The third-order valence-corrected chi connectivity index (χ3v) is 5.95. The van der Waals surface area contributed by atoms with Crippen LogP contribution >= 0.6 is 11.8 Å². The molecule has 0 saturated heterocycles. The second-order valence-electron chi connectivity index (χ2n) is 7.12. The third-order valence-electron chi connectivity index (χ3n) is 4.89. The van der Waals surface area contributed by atoms with Gasteiger partial charge < -0.3 is 15.2 Å². The number of hydrogen-bond donors (Lipinski definition) is 2. The molecule has 0 aliphatic carbocycles. The van der Waals surface area contributed by atoms with Gasteiger partial charge in [0.25, 0.3) is 5.91 Å². The highest BCUT2D eigenvalue weighted by Gasteiger charge is 2.10. The lowest BCUT2D eigenvalue weighted by atomic mass is 9.98. The number of aryl methyl sites for hydroxylation is 1. The molecule has 0 bridgehead atoms. The molecule has 1 atom stereocenters. The molecule has 3 rings (SSSR count). The van der Waals surface area contributed by atoms with Gasteiger partial charge >= 0.3 is 0 Å². The summed E-state index contributed by atoms with van der Waals surface area (Å²) in [6.07, 6.45) is 4.62. The first-order chi connectivity index (χ1) is 14.5. The molecule has 0 radical (unpaired) electrons. The molecule has 0 spiro atoms. The zero-order chi connectivity index (χ0) is 21.5. The van der Waals surface area contributed by atoms with Gasteiger partial charge in [0.15, 0.2) is 5.16 Å². The lowest BCUT2D eigenvalue weighted by Crippen LogP contribution is -2.15. The Labute approximate surface area is 181 Å². The van der Waals surface area contributed by atoms with Crippen LogP contribution in [0.4, 0.5) is 11.4 Å². The summed E-state index contributed by atoms with van der Waals surface area (Å²) in [4.78, 5) is 28.8. The number of thioether (sulfide) groups is 1. The van der Waals surface area contributed by atoms with Crippen LogP contribution in [0.25, 0.3) is 0 Å². The van der Waals surface area contributed by atoms with Crippen molar-refractivity contribution in [1.82, 2.24) is 9.55 Å². The Balaban J connectivity index is 1.52. The molecular weight excluding hydrogens is 396 g/mol. The van der Waals surface area contributed by atoms with E-state index in [2.05, 4.69) is 29.5 Å². The Morgan fingerprint density at radius 1 is 1.03 bits per heavy atom. The molecule has 156 valence electrons. The number of amides is 2. The number of rotatable bonds is 8. The van der Waals surface area contributed by atoms with Crippen molar-refractivity contribution in [1.29, 1.82) is 0 Å². The van der Waals surface area contributed by atoms with Crippen molar-refractivity contribution in [3.63, 3.8) is 0 Å². The quantitative estimate of drug-likeness (QED) is 0.506. The number of nitrogens with one attached hydrogen (secondary N) is 2. The molecule has 6 nitrogen and oxygen atoms in total. The molecule has 1 aromatic heterocycles. The maximum Gasteiger partial charge on any atom is 0.255 e. The highest BCUT2D eigenvalue weighted by atomic mass is 32.2. The van der Waals surface area contributed by atoms with Crippen molar-refractivity contribution in [2.24, 2.45) is 7.05 Å². The zero-order valence-corrected chi connectivity index (χ0v) is 18.2. The molecule has 2 amide bonds. The van der Waals surface area contributed by atoms with E-state index in [-0.39, 0.29) is 17.6 Å². The average Bonchev–Trinajstić information content (AvgIpc) is 3.17. The standard InChI is InChI=1S/C23H26N4O2S/c1-4-16(2)17-5-9-20(10-6-17)26-22(29)18-7-11-19(12-8-18)25-21(28)15-30-23-24-13-14-27(23)3/h5-14,16H,4,15H2,1-3H3,(H,25,28)(H,26,29). The first kappa shape index (κ1) is 21.6. The second-order valence-corrected chi connectivity index (χ2v) is 8.06. The second kappa shape index (κ2) is 10.1. The smallest absolute Gasteiger partial charge is 0.255 e. The van der Waals surface area contributed by atoms with Crippen LogP contribution < -0.4 is 10.6 Å². The number of benzene rings is 2. The van der Waals surface area contributed by atoms with E-state index in [1.54, 1.807) is 30.5 Å². The predicted molar refractivity (Wildman–Crippen MR) is 122 cm³/mol. The van der Waals surface area contributed by atoms with Gasteiger partial charge in [0.1, 0.15) is 0 Å². The van der Waals surface area contributed by atoms with Crippen LogP contribution in [0.1, 0.15) is 42.1 Å². The monoisotopic (exact) mass is 422 g/mol. The Bertz CT molecular complexity index is 997. The van der Waals surface area contributed by atoms with Crippen molar-refractivity contribution in [3.05, 3.63) is 72.1 Å². The molecule has 3 aromatic rings. The highest BCUT2D eigenvalue weighted by Crippen LogP contribution is 2.21. The number of imidazole rings is 1. The molecule has 2 N–H and O–H groups in total. The van der Waals surface area contributed by atoms with Crippen molar-refractivity contribution >= 4 is 35.0 Å². The van der Waals surface area contributed by atoms with Crippen molar-refractivity contribution in [3.8, 4) is 0 Å². The molecule has 0 fully saturated rings. The fourth-order valence-electron chi connectivity index (χ4n) is 2.86. The minimum atomic E-state index is -0.186. The number of nitrogens with zero attached hydrogens (tertiary/aromatic N) is 2. The molecule has 1 heterocycles. The van der Waals surface area contributed by atoms with E-state index in [0.717, 1.165) is 17.3 Å². The first-order valence-electron chi connectivity index (χ1n) is 9.87. The summed E-state index contributed by atoms with van der Waals surface area (Å²) in [6.45, 7) is 4.34. The van der Waals surface area contributed by atoms with Crippen LogP contribution in [0.2, 0.25) is 0 Å². The van der Waals surface area contributed by atoms with Gasteiger partial charge in [-0.25, -0.2) is 4.98 Å². The summed E-state index contributed by atoms with van der Waals surface area (Å²) < 4.78 is 1.86. The van der Waals surface area contributed by atoms with Crippen molar-refractivity contribution < 1.29 is 9.59 Å². The van der Waals surface area contributed by atoms with Gasteiger partial charge in [-0.1, -0.05) is 37.7 Å². The minimum absolute atomic E-state index is 0.124. The van der Waals surface area contributed by atoms with Crippen LogP contribution in [0.15, 0.2) is 66.1 Å². The molecule has 7 heteroatoms. The average molecular weight is 423 g/mol. The van der Waals surface area contributed by atoms with E-state index in [1.807, 2.05) is 42.1 Å². The van der Waals surface area contributed by atoms with Gasteiger partial charge in [0.2, 0.25) is 5.91 Å². The number of aromatic nitrogens is 2. The Hall–Kier alpha value is -3.06. The maximum atomic E-state index is 12.5. The van der Waals surface area contributed by atoms with Crippen LogP contribution in [0, 0.1) is 0 Å². The van der Waals surface area contributed by atoms with E-state index in [1.165, 1.54) is 17.3 Å². The fraction of sp³-hybridized carbons (Fsp3) is 0.261. The van der Waals surface area contributed by atoms with Gasteiger partial charge in [-0.3, -0.25) is 9.59 Å². The van der Waals surface area contributed by atoms with Crippen LogP contribution in [0.5, 0.6) is 0 Å². The molecule has 0 aliphatic rings. The summed E-state index contributed by atoms with van der Waals surface area (Å²) in [5.74, 6) is 0.454. The Kier molecular flexibility index (Phi) is 7.30. The first-order valence-corrected chi connectivity index (χ1v) is 10.9. The lowest BCUT2D eigenvalue weighted by molar-refractivity contribution is -0.113. The van der Waals surface area contributed by atoms with E-state index < -0.39 is 0 Å². The lowest BCUT2D eigenvalue weighted by Gasteiger charge is -2.11. The summed E-state index contributed by atoms with van der Waals surface area (Å²) in [5.41, 5.74) is 3.20. The highest BCUT2D eigenvalue weighted by molar-refractivity contribution is 7.99. The summed E-state index contributed by atoms with van der Waals surface area (Å²) >= 11 is 1.37. The summed E-state index contributed by atoms with van der Waals surface area (Å²) in [7, 11) is 1.89. The zero-order valence-electron chi connectivity index (χ0n) is 17.4.